The molecule has 1 aliphatic rings. The van der Waals surface area contributed by atoms with Crippen molar-refractivity contribution in [3.8, 4) is 0 Å². The summed E-state index contributed by atoms with van der Waals surface area (Å²) in [6.07, 6.45) is 4.15. The Bertz CT molecular complexity index is 458. The first-order valence-corrected chi connectivity index (χ1v) is 5.32. The van der Waals surface area contributed by atoms with E-state index >= 15 is 0 Å². The maximum atomic E-state index is 4.28. The lowest BCUT2D eigenvalue weighted by atomic mass is 9.99. The summed E-state index contributed by atoms with van der Waals surface area (Å²) in [6, 6.07) is 3.81. The third-order valence-corrected chi connectivity index (χ3v) is 2.86. The van der Waals surface area contributed by atoms with Crippen molar-refractivity contribution in [1.82, 2.24) is 25.1 Å². The van der Waals surface area contributed by atoms with E-state index in [9.17, 15) is 0 Å². The summed E-state index contributed by atoms with van der Waals surface area (Å²) in [5, 5.41) is 16.0. The fraction of sp³-hybridized carbons (Fsp3) is 0.500. The van der Waals surface area contributed by atoms with Gasteiger partial charge >= 0.3 is 0 Å². The Labute approximate surface area is 87.5 Å². The number of rotatable bonds is 1. The van der Waals surface area contributed by atoms with Crippen LogP contribution in [0.15, 0.2) is 18.3 Å². The number of fused-ring (bicyclic) bond motifs is 1. The number of nitrogens with zero attached hydrogens (tertiary/aromatic N) is 4. The van der Waals surface area contributed by atoms with Gasteiger partial charge in [-0.15, -0.1) is 10.2 Å². The van der Waals surface area contributed by atoms with Gasteiger partial charge in [0.15, 0.2) is 11.5 Å². The minimum Gasteiger partial charge on any atom is -0.316 e. The van der Waals surface area contributed by atoms with Crippen LogP contribution in [0.5, 0.6) is 0 Å². The Morgan fingerprint density at radius 2 is 2.40 bits per heavy atom. The largest absolute Gasteiger partial charge is 0.316 e. The molecule has 0 spiro atoms. The van der Waals surface area contributed by atoms with Crippen LogP contribution in [0.2, 0.25) is 0 Å². The van der Waals surface area contributed by atoms with Gasteiger partial charge in [-0.05, 0) is 31.5 Å². The Morgan fingerprint density at radius 3 is 3.27 bits per heavy atom. The summed E-state index contributed by atoms with van der Waals surface area (Å²) < 4.78 is 1.84. The summed E-state index contributed by atoms with van der Waals surface area (Å²) in [6.45, 7) is 2.10. The van der Waals surface area contributed by atoms with Crippen LogP contribution in [0, 0.1) is 0 Å². The van der Waals surface area contributed by atoms with Crippen LogP contribution in [-0.4, -0.2) is 32.9 Å². The van der Waals surface area contributed by atoms with Crippen molar-refractivity contribution in [2.24, 2.45) is 0 Å². The van der Waals surface area contributed by atoms with Gasteiger partial charge in [0.05, 0.1) is 0 Å². The van der Waals surface area contributed by atoms with E-state index in [-0.39, 0.29) is 0 Å². The Balaban J connectivity index is 2.02. The van der Waals surface area contributed by atoms with E-state index in [0.29, 0.717) is 5.92 Å². The Hall–Kier alpha value is -1.49. The molecule has 0 aliphatic carbocycles. The third-order valence-electron chi connectivity index (χ3n) is 2.86. The molecular formula is C10H13N5. The first-order chi connectivity index (χ1) is 7.45. The highest BCUT2D eigenvalue weighted by molar-refractivity contribution is 5.35. The normalized spacial score (nSPS) is 22.0. The molecule has 2 aromatic rings. The highest BCUT2D eigenvalue weighted by Crippen LogP contribution is 2.21. The molecular weight excluding hydrogens is 190 g/mol. The van der Waals surface area contributed by atoms with Gasteiger partial charge in [0.2, 0.25) is 0 Å². The highest BCUT2D eigenvalue weighted by Gasteiger charge is 2.20. The number of nitrogens with one attached hydrogen (secondary N) is 1. The van der Waals surface area contributed by atoms with E-state index in [4.69, 9.17) is 0 Å². The molecule has 0 radical (unpaired) electrons. The van der Waals surface area contributed by atoms with E-state index in [0.717, 1.165) is 24.6 Å². The number of aromatic nitrogens is 4. The molecule has 1 saturated heterocycles. The van der Waals surface area contributed by atoms with E-state index in [2.05, 4.69) is 20.6 Å². The number of hydrogen-bond acceptors (Lipinski definition) is 4. The molecule has 1 aliphatic heterocycles. The fourth-order valence-corrected chi connectivity index (χ4v) is 2.09. The summed E-state index contributed by atoms with van der Waals surface area (Å²) in [5.74, 6) is 1.43. The average molecular weight is 203 g/mol. The maximum Gasteiger partial charge on any atom is 0.177 e. The lowest BCUT2D eigenvalue weighted by Crippen LogP contribution is -2.29. The van der Waals surface area contributed by atoms with Crippen molar-refractivity contribution in [2.45, 2.75) is 18.8 Å². The van der Waals surface area contributed by atoms with Crippen LogP contribution >= 0.6 is 0 Å². The first kappa shape index (κ1) is 8.79. The molecule has 5 nitrogen and oxygen atoms in total. The molecule has 3 heterocycles. The van der Waals surface area contributed by atoms with Crippen molar-refractivity contribution >= 4 is 5.65 Å². The summed E-state index contributed by atoms with van der Waals surface area (Å²) in [5.41, 5.74) is 0.832. The van der Waals surface area contributed by atoms with Crippen molar-refractivity contribution in [2.75, 3.05) is 13.1 Å². The SMILES string of the molecule is c1cnn2c(C3CCCNC3)nnc2c1. The smallest absolute Gasteiger partial charge is 0.177 e. The molecule has 1 fully saturated rings. The second-order valence-corrected chi connectivity index (χ2v) is 3.90. The summed E-state index contributed by atoms with van der Waals surface area (Å²) >= 11 is 0. The standard InChI is InChI=1S/C10H13N5/c1-3-8(7-11-5-1)10-14-13-9-4-2-6-12-15(9)10/h2,4,6,8,11H,1,3,5,7H2. The monoisotopic (exact) mass is 203 g/mol. The van der Waals surface area contributed by atoms with Crippen molar-refractivity contribution in [1.29, 1.82) is 0 Å². The van der Waals surface area contributed by atoms with Crippen molar-refractivity contribution < 1.29 is 0 Å². The van der Waals surface area contributed by atoms with Crippen LogP contribution < -0.4 is 5.32 Å². The average Bonchev–Trinajstić information content (AvgIpc) is 2.74. The molecule has 0 amide bonds. The third kappa shape index (κ3) is 1.48. The summed E-state index contributed by atoms with van der Waals surface area (Å²) in [7, 11) is 0. The van der Waals surface area contributed by atoms with E-state index in [1.54, 1.807) is 6.20 Å². The molecule has 15 heavy (non-hydrogen) atoms. The van der Waals surface area contributed by atoms with Crippen LogP contribution in [0.4, 0.5) is 0 Å². The minimum absolute atomic E-state index is 0.448. The van der Waals surface area contributed by atoms with E-state index < -0.39 is 0 Å². The van der Waals surface area contributed by atoms with E-state index in [1.165, 1.54) is 12.8 Å². The Kier molecular flexibility index (Phi) is 2.10. The molecule has 3 rings (SSSR count). The van der Waals surface area contributed by atoms with Gasteiger partial charge in [-0.1, -0.05) is 0 Å². The molecule has 2 aromatic heterocycles. The van der Waals surface area contributed by atoms with Crippen molar-refractivity contribution in [3.05, 3.63) is 24.2 Å². The predicted molar refractivity (Wildman–Crippen MR) is 55.6 cm³/mol. The molecule has 0 saturated carbocycles. The first-order valence-electron chi connectivity index (χ1n) is 5.32. The Morgan fingerprint density at radius 1 is 1.40 bits per heavy atom. The van der Waals surface area contributed by atoms with Gasteiger partial charge in [0, 0.05) is 18.7 Å². The van der Waals surface area contributed by atoms with Gasteiger partial charge in [0.1, 0.15) is 0 Å². The minimum atomic E-state index is 0.448. The van der Waals surface area contributed by atoms with Crippen LogP contribution in [0.3, 0.4) is 0 Å². The van der Waals surface area contributed by atoms with Gasteiger partial charge < -0.3 is 5.32 Å². The zero-order valence-electron chi connectivity index (χ0n) is 8.43. The van der Waals surface area contributed by atoms with Gasteiger partial charge in [0.25, 0.3) is 0 Å². The quantitative estimate of drug-likeness (QED) is 0.737. The van der Waals surface area contributed by atoms with Gasteiger partial charge in [-0.3, -0.25) is 0 Å². The predicted octanol–water partition coefficient (Wildman–Crippen LogP) is 0.591. The molecule has 78 valence electrons. The van der Waals surface area contributed by atoms with Gasteiger partial charge in [-0.2, -0.15) is 9.61 Å². The molecule has 1 N–H and O–H groups in total. The van der Waals surface area contributed by atoms with Crippen LogP contribution in [0.25, 0.3) is 5.65 Å². The lowest BCUT2D eigenvalue weighted by Gasteiger charge is -2.20. The zero-order chi connectivity index (χ0) is 10.1. The maximum absolute atomic E-state index is 4.28. The molecule has 5 heteroatoms. The summed E-state index contributed by atoms with van der Waals surface area (Å²) in [4.78, 5) is 0. The highest BCUT2D eigenvalue weighted by atomic mass is 15.4. The number of hydrogen-bond donors (Lipinski definition) is 1. The zero-order valence-corrected chi connectivity index (χ0v) is 8.43. The topological polar surface area (TPSA) is 55.1 Å². The van der Waals surface area contributed by atoms with Gasteiger partial charge in [-0.25, -0.2) is 0 Å². The van der Waals surface area contributed by atoms with Crippen molar-refractivity contribution in [3.63, 3.8) is 0 Å². The molecule has 0 aromatic carbocycles. The fourth-order valence-electron chi connectivity index (χ4n) is 2.09. The second-order valence-electron chi connectivity index (χ2n) is 3.90. The van der Waals surface area contributed by atoms with E-state index in [1.807, 2.05) is 16.6 Å². The second kappa shape index (κ2) is 3.58. The van der Waals surface area contributed by atoms with Crippen LogP contribution in [0.1, 0.15) is 24.6 Å². The number of piperidine rings is 1. The lowest BCUT2D eigenvalue weighted by molar-refractivity contribution is 0.440. The van der Waals surface area contributed by atoms with Crippen LogP contribution in [-0.2, 0) is 0 Å². The molecule has 1 unspecified atom stereocenters. The molecule has 1 atom stereocenters. The molecule has 0 bridgehead atoms.